The highest BCUT2D eigenvalue weighted by Crippen LogP contribution is 2.55. The summed E-state index contributed by atoms with van der Waals surface area (Å²) in [6, 6.07) is 83.8. The third-order valence-corrected chi connectivity index (χ3v) is 14.2. The van der Waals surface area contributed by atoms with E-state index in [9.17, 15) is 0 Å². The Kier molecular flexibility index (Phi) is 11.9. The van der Waals surface area contributed by atoms with Crippen LogP contribution in [0.5, 0.6) is 0 Å². The van der Waals surface area contributed by atoms with Gasteiger partial charge in [0.1, 0.15) is 0 Å². The number of rotatable bonds is 6. The molecule has 0 atom stereocenters. The van der Waals surface area contributed by atoms with Crippen molar-refractivity contribution in [3.8, 4) is 0 Å². The molecule has 2 heteroatoms. The Hall–Kier alpha value is -8.46. The Bertz CT molecular complexity index is 4120. The third-order valence-electron chi connectivity index (χ3n) is 14.2. The minimum Gasteiger partial charge on any atom is -0.308 e. The Morgan fingerprint density at radius 2 is 0.549 bits per heavy atom. The summed E-state index contributed by atoms with van der Waals surface area (Å²) < 4.78 is 0. The Morgan fingerprint density at radius 1 is 0.225 bits per heavy atom. The van der Waals surface area contributed by atoms with Gasteiger partial charge in [-0.15, -0.1) is 0 Å². The van der Waals surface area contributed by atoms with E-state index in [0.29, 0.717) is 0 Å². The van der Waals surface area contributed by atoms with Crippen LogP contribution < -0.4 is 9.80 Å². The van der Waals surface area contributed by atoms with E-state index < -0.39 is 0 Å². The number of benzene rings is 13. The molecule has 2 nitrogen and oxygen atoms in total. The van der Waals surface area contributed by atoms with Crippen LogP contribution in [0.2, 0.25) is 0 Å². The predicted octanol–water partition coefficient (Wildman–Crippen LogP) is 20.8. The van der Waals surface area contributed by atoms with Crippen molar-refractivity contribution >= 4 is 120 Å². The smallest absolute Gasteiger partial charge is 0.0620 e. The number of fused-ring (bicyclic) bond motifs is 8. The SMILES string of the molecule is CC.CC.Cc1ccc2c(N(c3ccccc3)c3c4ccccc4cc4cc5ccccc5cc34)c3cc(C)c(C)cc3c(N(c3ccccc3)c3c4ccccc4cc4cc5ccccc5cc34)c2c1. The zero-order valence-corrected chi connectivity index (χ0v) is 41.8. The van der Waals surface area contributed by atoms with E-state index in [-0.39, 0.29) is 0 Å². The number of hydrogen-bond donors (Lipinski definition) is 0. The molecule has 0 saturated carbocycles. The van der Waals surface area contributed by atoms with Gasteiger partial charge in [-0.2, -0.15) is 0 Å². The highest BCUT2D eigenvalue weighted by atomic mass is 15.2. The average Bonchev–Trinajstić information content (AvgIpc) is 3.42. The minimum absolute atomic E-state index is 1.11. The van der Waals surface area contributed by atoms with Crippen LogP contribution in [0.15, 0.2) is 224 Å². The molecule has 0 aliphatic heterocycles. The first-order valence-electron chi connectivity index (χ1n) is 25.3. The van der Waals surface area contributed by atoms with Gasteiger partial charge in [-0.25, -0.2) is 0 Å². The maximum atomic E-state index is 2.59. The lowest BCUT2D eigenvalue weighted by Gasteiger charge is -2.35. The predicted molar refractivity (Wildman–Crippen MR) is 313 cm³/mol. The second-order valence-electron chi connectivity index (χ2n) is 18.3. The summed E-state index contributed by atoms with van der Waals surface area (Å²) in [6.07, 6.45) is 0. The number of anilines is 6. The quantitative estimate of drug-likeness (QED) is 0.121. The lowest BCUT2D eigenvalue weighted by atomic mass is 9.90. The molecule has 0 fully saturated rings. The normalized spacial score (nSPS) is 11.3. The van der Waals surface area contributed by atoms with Crippen LogP contribution in [0.25, 0.3) is 86.2 Å². The van der Waals surface area contributed by atoms with E-state index >= 15 is 0 Å². The fourth-order valence-corrected chi connectivity index (χ4v) is 10.9. The van der Waals surface area contributed by atoms with Crippen molar-refractivity contribution in [2.75, 3.05) is 9.80 Å². The summed E-state index contributed by atoms with van der Waals surface area (Å²) in [7, 11) is 0. The Morgan fingerprint density at radius 3 is 0.986 bits per heavy atom. The number of nitrogens with zero attached hydrogens (tertiary/aromatic N) is 2. The van der Waals surface area contributed by atoms with Crippen LogP contribution in [-0.4, -0.2) is 0 Å². The summed E-state index contributed by atoms with van der Waals surface area (Å²) in [6.45, 7) is 14.8. The number of hydrogen-bond acceptors (Lipinski definition) is 2. The molecule has 0 radical (unpaired) electrons. The Labute approximate surface area is 417 Å². The number of para-hydroxylation sites is 2. The van der Waals surface area contributed by atoms with E-state index in [1.807, 2.05) is 27.7 Å². The monoisotopic (exact) mass is 914 g/mol. The van der Waals surface area contributed by atoms with Crippen LogP contribution in [-0.2, 0) is 0 Å². The summed E-state index contributed by atoms with van der Waals surface area (Å²) in [5, 5.41) is 19.3. The zero-order valence-electron chi connectivity index (χ0n) is 41.8. The molecule has 0 aliphatic carbocycles. The summed E-state index contributed by atoms with van der Waals surface area (Å²) >= 11 is 0. The molecule has 13 aromatic rings. The topological polar surface area (TPSA) is 6.48 Å². The molecule has 71 heavy (non-hydrogen) atoms. The van der Waals surface area contributed by atoms with Crippen molar-refractivity contribution < 1.29 is 0 Å². The standard InChI is InChI=1S/C65H46N2.2C2H6/c1-41-30-31-56-59(32-41)65(67(53-26-8-5-9-27-53)63-55-29-17-15-23-49(55)38-51-36-45-19-11-13-21-47(45)40-58(51)63)61-34-43(3)42(2)33-60(61)64(56)66(52-24-6-4-7-25-52)62-54-28-16-14-22-48(54)37-50-35-44-18-10-12-20-46(44)39-57(50)62;2*1-2/h4-40H,1-3H3;2*1-2H3. The molecule has 0 saturated heterocycles. The summed E-state index contributed by atoms with van der Waals surface area (Å²) in [5.41, 5.74) is 10.6. The molecule has 13 rings (SSSR count). The van der Waals surface area contributed by atoms with Crippen molar-refractivity contribution in [3.63, 3.8) is 0 Å². The second kappa shape index (κ2) is 18.8. The van der Waals surface area contributed by atoms with E-state index in [4.69, 9.17) is 0 Å². The highest BCUT2D eigenvalue weighted by molar-refractivity contribution is 6.28. The molecule has 0 spiro atoms. The largest absolute Gasteiger partial charge is 0.308 e. The van der Waals surface area contributed by atoms with Gasteiger partial charge in [0.15, 0.2) is 0 Å². The van der Waals surface area contributed by atoms with Gasteiger partial charge in [0.25, 0.3) is 0 Å². The molecule has 0 amide bonds. The van der Waals surface area contributed by atoms with Crippen molar-refractivity contribution in [2.24, 2.45) is 0 Å². The van der Waals surface area contributed by atoms with Gasteiger partial charge in [0.05, 0.1) is 22.7 Å². The van der Waals surface area contributed by atoms with Crippen molar-refractivity contribution in [1.29, 1.82) is 0 Å². The van der Waals surface area contributed by atoms with Gasteiger partial charge in [0.2, 0.25) is 0 Å². The van der Waals surface area contributed by atoms with E-state index in [0.717, 1.165) is 17.1 Å². The van der Waals surface area contributed by atoms with Crippen LogP contribution in [0, 0.1) is 20.8 Å². The van der Waals surface area contributed by atoms with E-state index in [1.165, 1.54) is 120 Å². The molecule has 0 bridgehead atoms. The molecule has 344 valence electrons. The maximum Gasteiger partial charge on any atom is 0.0620 e. The Balaban J connectivity index is 0.00000134. The minimum atomic E-state index is 1.11. The second-order valence-corrected chi connectivity index (χ2v) is 18.3. The van der Waals surface area contributed by atoms with Crippen molar-refractivity contribution in [3.05, 3.63) is 241 Å². The van der Waals surface area contributed by atoms with Crippen LogP contribution in [0.3, 0.4) is 0 Å². The molecule has 0 aromatic heterocycles. The molecule has 0 heterocycles. The zero-order chi connectivity index (χ0) is 48.8. The van der Waals surface area contributed by atoms with Gasteiger partial charge >= 0.3 is 0 Å². The van der Waals surface area contributed by atoms with Crippen LogP contribution in [0.4, 0.5) is 34.1 Å². The van der Waals surface area contributed by atoms with Crippen LogP contribution >= 0.6 is 0 Å². The van der Waals surface area contributed by atoms with E-state index in [2.05, 4.69) is 255 Å². The molecular formula is C69H58N2. The molecule has 0 N–H and O–H groups in total. The lowest BCUT2D eigenvalue weighted by molar-refractivity contribution is 1.31. The van der Waals surface area contributed by atoms with Crippen molar-refractivity contribution in [2.45, 2.75) is 48.5 Å². The first-order chi connectivity index (χ1) is 35.0. The molecule has 0 unspecified atom stereocenters. The van der Waals surface area contributed by atoms with Gasteiger partial charge in [0, 0.05) is 54.5 Å². The molecular weight excluding hydrogens is 857 g/mol. The third kappa shape index (κ3) is 7.68. The lowest BCUT2D eigenvalue weighted by Crippen LogP contribution is -2.16. The van der Waals surface area contributed by atoms with Gasteiger partial charge in [-0.3, -0.25) is 0 Å². The number of aryl methyl sites for hydroxylation is 3. The molecule has 0 aliphatic rings. The molecule has 13 aromatic carbocycles. The van der Waals surface area contributed by atoms with Gasteiger partial charge < -0.3 is 9.80 Å². The van der Waals surface area contributed by atoms with E-state index in [1.54, 1.807) is 0 Å². The average molecular weight is 915 g/mol. The summed E-state index contributed by atoms with van der Waals surface area (Å²) in [4.78, 5) is 5.18. The fourth-order valence-electron chi connectivity index (χ4n) is 10.9. The highest BCUT2D eigenvalue weighted by Gasteiger charge is 2.29. The maximum absolute atomic E-state index is 2.59. The first-order valence-corrected chi connectivity index (χ1v) is 25.3. The van der Waals surface area contributed by atoms with Gasteiger partial charge in [-0.05, 0) is 154 Å². The summed E-state index contributed by atoms with van der Waals surface area (Å²) in [5.74, 6) is 0. The van der Waals surface area contributed by atoms with Crippen molar-refractivity contribution in [1.82, 2.24) is 0 Å². The fraction of sp³-hybridized carbons (Fsp3) is 0.101. The first kappa shape index (κ1) is 45.0. The van der Waals surface area contributed by atoms with Gasteiger partial charge in [-0.1, -0.05) is 179 Å². The van der Waals surface area contributed by atoms with Crippen LogP contribution in [0.1, 0.15) is 44.4 Å².